The zero-order chi connectivity index (χ0) is 22.1. The molecular weight excluding hydrogens is 399 g/mol. The first-order valence-electron chi connectivity index (χ1n) is 10.3. The summed E-state index contributed by atoms with van der Waals surface area (Å²) in [6, 6.07) is 14.2. The van der Waals surface area contributed by atoms with E-state index in [9.17, 15) is 13.2 Å². The fraction of sp³-hybridized carbons (Fsp3) is 0.280. The lowest BCUT2D eigenvalue weighted by Crippen LogP contribution is -2.30. The van der Waals surface area contributed by atoms with Gasteiger partial charge in [0, 0.05) is 44.4 Å². The standard InChI is InChI=1S/C21H22F3N.C4H4N2/c1-16-4-2-5-17(14-16)8-11-25-12-9-18(10-13-25)19-6-3-7-20(15-19)21(22,23)24;1-2-6-4-3-5-1/h2-7,9,14-15H,8,10-13H2,1H3;1-4H. The van der Waals surface area contributed by atoms with E-state index in [0.717, 1.165) is 44.1 Å². The van der Waals surface area contributed by atoms with Crippen LogP contribution in [0.5, 0.6) is 0 Å². The van der Waals surface area contributed by atoms with E-state index in [2.05, 4.69) is 52.1 Å². The van der Waals surface area contributed by atoms with Crippen molar-refractivity contribution >= 4 is 5.57 Å². The molecular formula is C25H26F3N3. The maximum atomic E-state index is 12.9. The van der Waals surface area contributed by atoms with Gasteiger partial charge in [0.15, 0.2) is 0 Å². The Bertz CT molecular complexity index is 958. The predicted octanol–water partition coefficient (Wildman–Crippen LogP) is 5.82. The van der Waals surface area contributed by atoms with Crippen molar-refractivity contribution < 1.29 is 13.2 Å². The van der Waals surface area contributed by atoms with Crippen LogP contribution >= 0.6 is 0 Å². The summed E-state index contributed by atoms with van der Waals surface area (Å²) >= 11 is 0. The number of aromatic nitrogens is 2. The minimum atomic E-state index is -4.29. The predicted molar refractivity (Wildman–Crippen MR) is 117 cm³/mol. The molecule has 0 saturated carbocycles. The molecule has 0 fully saturated rings. The quantitative estimate of drug-likeness (QED) is 0.527. The van der Waals surface area contributed by atoms with Gasteiger partial charge in [-0.3, -0.25) is 14.9 Å². The molecule has 2 heterocycles. The summed E-state index contributed by atoms with van der Waals surface area (Å²) in [5, 5.41) is 0. The van der Waals surface area contributed by atoms with E-state index >= 15 is 0 Å². The Morgan fingerprint density at radius 1 is 0.935 bits per heavy atom. The van der Waals surface area contributed by atoms with Crippen molar-refractivity contribution in [2.24, 2.45) is 0 Å². The number of hydrogen-bond acceptors (Lipinski definition) is 3. The Labute approximate surface area is 181 Å². The number of benzene rings is 2. The Morgan fingerprint density at radius 2 is 1.65 bits per heavy atom. The third kappa shape index (κ3) is 7.33. The molecule has 3 aromatic rings. The highest BCUT2D eigenvalue weighted by Crippen LogP contribution is 2.32. The molecule has 1 aliphatic rings. The van der Waals surface area contributed by atoms with E-state index in [1.807, 2.05) is 0 Å². The SMILES string of the molecule is Cc1cccc(CCN2CC=C(c3cccc(C(F)(F)F)c3)CC2)c1.c1cnccn1. The van der Waals surface area contributed by atoms with Gasteiger partial charge >= 0.3 is 6.18 Å². The monoisotopic (exact) mass is 425 g/mol. The number of nitrogens with zero attached hydrogens (tertiary/aromatic N) is 3. The van der Waals surface area contributed by atoms with Crippen molar-refractivity contribution in [2.45, 2.75) is 25.9 Å². The maximum Gasteiger partial charge on any atom is 0.416 e. The fourth-order valence-electron chi connectivity index (χ4n) is 3.48. The van der Waals surface area contributed by atoms with Crippen LogP contribution in [0.15, 0.2) is 79.4 Å². The van der Waals surface area contributed by atoms with Gasteiger partial charge in [0.2, 0.25) is 0 Å². The molecule has 2 aromatic carbocycles. The van der Waals surface area contributed by atoms with Gasteiger partial charge < -0.3 is 0 Å². The third-order valence-corrected chi connectivity index (χ3v) is 5.13. The van der Waals surface area contributed by atoms with Crippen LogP contribution in [0.4, 0.5) is 13.2 Å². The van der Waals surface area contributed by atoms with Crippen LogP contribution in [-0.2, 0) is 12.6 Å². The third-order valence-electron chi connectivity index (χ3n) is 5.13. The molecule has 4 rings (SSSR count). The molecule has 0 amide bonds. The second-order valence-electron chi connectivity index (χ2n) is 7.49. The van der Waals surface area contributed by atoms with Crippen LogP contribution in [0, 0.1) is 6.92 Å². The average molecular weight is 425 g/mol. The molecule has 3 nitrogen and oxygen atoms in total. The summed E-state index contributed by atoms with van der Waals surface area (Å²) in [5.41, 5.74) is 3.72. The lowest BCUT2D eigenvalue weighted by atomic mass is 9.97. The molecule has 0 unspecified atom stereocenters. The van der Waals surface area contributed by atoms with Crippen molar-refractivity contribution in [3.63, 3.8) is 0 Å². The number of halogens is 3. The van der Waals surface area contributed by atoms with E-state index in [1.54, 1.807) is 30.9 Å². The molecule has 0 aliphatic carbocycles. The van der Waals surface area contributed by atoms with E-state index in [4.69, 9.17) is 0 Å². The Morgan fingerprint density at radius 3 is 2.23 bits per heavy atom. The number of alkyl halides is 3. The van der Waals surface area contributed by atoms with Crippen molar-refractivity contribution in [3.8, 4) is 0 Å². The Balaban J connectivity index is 0.000000391. The van der Waals surface area contributed by atoms with Gasteiger partial charge in [-0.25, -0.2) is 0 Å². The molecule has 0 bridgehead atoms. The van der Waals surface area contributed by atoms with E-state index in [0.29, 0.717) is 5.56 Å². The van der Waals surface area contributed by atoms with Gasteiger partial charge in [-0.1, -0.05) is 48.0 Å². The lowest BCUT2D eigenvalue weighted by Gasteiger charge is -2.26. The number of aryl methyl sites for hydroxylation is 1. The molecule has 0 atom stereocenters. The van der Waals surface area contributed by atoms with E-state index in [1.165, 1.54) is 23.3 Å². The zero-order valence-electron chi connectivity index (χ0n) is 17.5. The molecule has 0 spiro atoms. The molecule has 31 heavy (non-hydrogen) atoms. The molecule has 1 aliphatic heterocycles. The van der Waals surface area contributed by atoms with Gasteiger partial charge in [-0.05, 0) is 48.6 Å². The molecule has 1 aromatic heterocycles. The second kappa shape index (κ2) is 10.9. The maximum absolute atomic E-state index is 12.9. The van der Waals surface area contributed by atoms with Crippen molar-refractivity contribution in [3.05, 3.63) is 102 Å². The number of hydrogen-bond donors (Lipinski definition) is 0. The van der Waals surface area contributed by atoms with Gasteiger partial charge in [-0.15, -0.1) is 0 Å². The topological polar surface area (TPSA) is 29.0 Å². The highest BCUT2D eigenvalue weighted by atomic mass is 19.4. The van der Waals surface area contributed by atoms with Crippen LogP contribution in [0.3, 0.4) is 0 Å². The van der Waals surface area contributed by atoms with E-state index in [-0.39, 0.29) is 0 Å². The summed E-state index contributed by atoms with van der Waals surface area (Å²) in [6.45, 7) is 4.73. The summed E-state index contributed by atoms with van der Waals surface area (Å²) in [5.74, 6) is 0. The van der Waals surface area contributed by atoms with Crippen molar-refractivity contribution in [1.82, 2.24) is 14.9 Å². The first-order valence-corrected chi connectivity index (χ1v) is 10.3. The van der Waals surface area contributed by atoms with Gasteiger partial charge in [-0.2, -0.15) is 13.2 Å². The van der Waals surface area contributed by atoms with Gasteiger partial charge in [0.1, 0.15) is 0 Å². The number of rotatable bonds is 4. The Kier molecular flexibility index (Phi) is 7.95. The first-order chi connectivity index (χ1) is 14.9. The van der Waals surface area contributed by atoms with Crippen LogP contribution in [-0.4, -0.2) is 34.5 Å². The van der Waals surface area contributed by atoms with Crippen LogP contribution in [0.25, 0.3) is 5.57 Å². The normalized spacial score (nSPS) is 14.4. The first kappa shape index (κ1) is 22.7. The van der Waals surface area contributed by atoms with Crippen LogP contribution < -0.4 is 0 Å². The van der Waals surface area contributed by atoms with Crippen LogP contribution in [0.1, 0.15) is 28.7 Å². The molecule has 6 heteroatoms. The summed E-state index contributed by atoms with van der Waals surface area (Å²) in [6.07, 6.45) is 6.11. The zero-order valence-corrected chi connectivity index (χ0v) is 17.5. The van der Waals surface area contributed by atoms with Gasteiger partial charge in [0.05, 0.1) is 5.56 Å². The van der Waals surface area contributed by atoms with Crippen LogP contribution in [0.2, 0.25) is 0 Å². The average Bonchev–Trinajstić information content (AvgIpc) is 2.79. The molecule has 0 N–H and O–H groups in total. The second-order valence-corrected chi connectivity index (χ2v) is 7.49. The largest absolute Gasteiger partial charge is 0.416 e. The summed E-state index contributed by atoms with van der Waals surface area (Å²) < 4.78 is 38.6. The molecule has 162 valence electrons. The minimum absolute atomic E-state index is 0.576. The van der Waals surface area contributed by atoms with Crippen molar-refractivity contribution in [2.75, 3.05) is 19.6 Å². The Hall–Kier alpha value is -2.99. The minimum Gasteiger partial charge on any atom is -0.299 e. The molecule has 0 saturated heterocycles. The highest BCUT2D eigenvalue weighted by molar-refractivity contribution is 5.67. The summed E-state index contributed by atoms with van der Waals surface area (Å²) in [4.78, 5) is 9.79. The van der Waals surface area contributed by atoms with Gasteiger partial charge in [0.25, 0.3) is 0 Å². The fourth-order valence-corrected chi connectivity index (χ4v) is 3.48. The van der Waals surface area contributed by atoms with E-state index < -0.39 is 11.7 Å². The van der Waals surface area contributed by atoms with Crippen molar-refractivity contribution in [1.29, 1.82) is 0 Å². The highest BCUT2D eigenvalue weighted by Gasteiger charge is 2.30. The smallest absolute Gasteiger partial charge is 0.299 e. The lowest BCUT2D eigenvalue weighted by molar-refractivity contribution is -0.137. The summed E-state index contributed by atoms with van der Waals surface area (Å²) in [7, 11) is 0. The molecule has 0 radical (unpaired) electrons.